The summed E-state index contributed by atoms with van der Waals surface area (Å²) in [6, 6.07) is 0. The van der Waals surface area contributed by atoms with Crippen LogP contribution in [0.4, 0.5) is 0 Å². The van der Waals surface area contributed by atoms with Crippen LogP contribution in [0, 0.1) is 11.3 Å². The Morgan fingerprint density at radius 2 is 1.67 bits per heavy atom. The molecule has 2 atom stereocenters. The summed E-state index contributed by atoms with van der Waals surface area (Å²) in [5.41, 5.74) is -0.668. The third-order valence-electron chi connectivity index (χ3n) is 3.85. The van der Waals surface area contributed by atoms with E-state index >= 15 is 0 Å². The van der Waals surface area contributed by atoms with Gasteiger partial charge in [0.1, 0.15) is 0 Å². The molecule has 0 amide bonds. The van der Waals surface area contributed by atoms with E-state index in [4.69, 9.17) is 14.9 Å². The van der Waals surface area contributed by atoms with Gasteiger partial charge in [0, 0.05) is 6.61 Å². The standard InChI is InChI=1S/C16H30O5/c1-12(14(17)18)8-7-9-13(2)21-11-6-5-10-16(3,4)15(19)20/h12-13H,5-11H2,1-4H3,(H,17,18)(H,19,20). The third-order valence-corrected chi connectivity index (χ3v) is 3.85. The maximum absolute atomic E-state index is 10.9. The fraction of sp³-hybridized carbons (Fsp3) is 0.875. The van der Waals surface area contributed by atoms with Gasteiger partial charge in [0.15, 0.2) is 0 Å². The van der Waals surface area contributed by atoms with Crippen molar-refractivity contribution >= 4 is 11.9 Å². The topological polar surface area (TPSA) is 83.8 Å². The van der Waals surface area contributed by atoms with Crippen LogP contribution in [0.25, 0.3) is 0 Å². The summed E-state index contributed by atoms with van der Waals surface area (Å²) < 4.78 is 5.66. The number of rotatable bonds is 12. The van der Waals surface area contributed by atoms with Gasteiger partial charge in [-0.2, -0.15) is 0 Å². The second kappa shape index (κ2) is 9.77. The number of unbranched alkanes of at least 4 members (excludes halogenated alkanes) is 1. The summed E-state index contributed by atoms with van der Waals surface area (Å²) in [6.07, 6.45) is 4.85. The lowest BCUT2D eigenvalue weighted by Gasteiger charge is -2.19. The zero-order chi connectivity index (χ0) is 16.5. The predicted octanol–water partition coefficient (Wildman–Crippen LogP) is 3.56. The van der Waals surface area contributed by atoms with Crippen molar-refractivity contribution in [1.82, 2.24) is 0 Å². The SMILES string of the molecule is CC(CCCC(C)C(=O)O)OCCCCC(C)(C)C(=O)O. The monoisotopic (exact) mass is 302 g/mol. The molecule has 2 unspecified atom stereocenters. The van der Waals surface area contributed by atoms with E-state index < -0.39 is 17.4 Å². The molecule has 0 aliphatic carbocycles. The Morgan fingerprint density at radius 3 is 2.19 bits per heavy atom. The maximum atomic E-state index is 10.9. The van der Waals surface area contributed by atoms with Crippen molar-refractivity contribution in [1.29, 1.82) is 0 Å². The Hall–Kier alpha value is -1.10. The molecule has 0 aromatic heterocycles. The molecule has 0 radical (unpaired) electrons. The van der Waals surface area contributed by atoms with E-state index in [1.54, 1.807) is 20.8 Å². The first-order valence-corrected chi connectivity index (χ1v) is 7.74. The number of carboxylic acids is 2. The number of hydrogen-bond acceptors (Lipinski definition) is 3. The highest BCUT2D eigenvalue weighted by Crippen LogP contribution is 2.23. The minimum atomic E-state index is -0.760. The lowest BCUT2D eigenvalue weighted by atomic mass is 9.87. The number of ether oxygens (including phenoxy) is 1. The van der Waals surface area contributed by atoms with Crippen LogP contribution < -0.4 is 0 Å². The molecule has 0 rings (SSSR count). The van der Waals surface area contributed by atoms with Gasteiger partial charge in [-0.25, -0.2) is 0 Å². The van der Waals surface area contributed by atoms with Crippen LogP contribution in [0.3, 0.4) is 0 Å². The van der Waals surface area contributed by atoms with Gasteiger partial charge in [0.05, 0.1) is 17.4 Å². The van der Waals surface area contributed by atoms with Crippen molar-refractivity contribution in [3.63, 3.8) is 0 Å². The van der Waals surface area contributed by atoms with Crippen LogP contribution in [0.15, 0.2) is 0 Å². The molecule has 0 spiro atoms. The first kappa shape index (κ1) is 19.9. The molecule has 5 nitrogen and oxygen atoms in total. The van der Waals surface area contributed by atoms with Crippen LogP contribution in [0.1, 0.15) is 66.2 Å². The van der Waals surface area contributed by atoms with Gasteiger partial charge < -0.3 is 14.9 Å². The molecule has 124 valence electrons. The van der Waals surface area contributed by atoms with E-state index in [0.29, 0.717) is 19.4 Å². The second-order valence-electron chi connectivity index (χ2n) is 6.50. The molecule has 0 bridgehead atoms. The fourth-order valence-corrected chi connectivity index (χ4v) is 1.98. The Kier molecular flexibility index (Phi) is 9.26. The average molecular weight is 302 g/mol. The van der Waals surface area contributed by atoms with Crippen molar-refractivity contribution in [2.24, 2.45) is 11.3 Å². The first-order valence-electron chi connectivity index (χ1n) is 7.74. The highest BCUT2D eigenvalue weighted by Gasteiger charge is 2.25. The van der Waals surface area contributed by atoms with Crippen LogP contribution in [0.5, 0.6) is 0 Å². The predicted molar refractivity (Wildman–Crippen MR) is 81.3 cm³/mol. The van der Waals surface area contributed by atoms with E-state index in [9.17, 15) is 9.59 Å². The van der Waals surface area contributed by atoms with Gasteiger partial charge in [0.25, 0.3) is 0 Å². The molecular weight excluding hydrogens is 272 g/mol. The molecule has 0 fully saturated rings. The Labute approximate surface area is 127 Å². The molecule has 21 heavy (non-hydrogen) atoms. The maximum Gasteiger partial charge on any atom is 0.309 e. The second-order valence-corrected chi connectivity index (χ2v) is 6.50. The number of aliphatic carboxylic acids is 2. The minimum absolute atomic E-state index is 0.124. The van der Waals surface area contributed by atoms with Crippen LogP contribution in [-0.4, -0.2) is 34.9 Å². The first-order chi connectivity index (χ1) is 9.66. The molecule has 2 N–H and O–H groups in total. The van der Waals surface area contributed by atoms with Gasteiger partial charge in [-0.05, 0) is 46.5 Å². The molecule has 0 heterocycles. The smallest absolute Gasteiger partial charge is 0.309 e. The highest BCUT2D eigenvalue weighted by molar-refractivity contribution is 5.73. The molecule has 0 saturated heterocycles. The van der Waals surface area contributed by atoms with E-state index in [1.165, 1.54) is 0 Å². The normalized spacial score (nSPS) is 14.7. The average Bonchev–Trinajstić information content (AvgIpc) is 2.37. The summed E-state index contributed by atoms with van der Waals surface area (Å²) in [7, 11) is 0. The Balaban J connectivity index is 3.61. The lowest BCUT2D eigenvalue weighted by molar-refractivity contribution is -0.147. The number of carboxylic acid groups (broad SMARTS) is 2. The summed E-state index contributed by atoms with van der Waals surface area (Å²) in [5, 5.41) is 17.8. The van der Waals surface area contributed by atoms with Crippen LogP contribution >= 0.6 is 0 Å². The van der Waals surface area contributed by atoms with E-state index in [2.05, 4.69) is 0 Å². The van der Waals surface area contributed by atoms with Crippen molar-refractivity contribution in [2.45, 2.75) is 72.3 Å². The largest absolute Gasteiger partial charge is 0.481 e. The van der Waals surface area contributed by atoms with Crippen molar-refractivity contribution in [2.75, 3.05) is 6.61 Å². The van der Waals surface area contributed by atoms with Gasteiger partial charge in [-0.3, -0.25) is 9.59 Å². The molecule has 5 heteroatoms. The molecule has 0 aliphatic heterocycles. The number of carbonyl (C=O) groups is 2. The van der Waals surface area contributed by atoms with E-state index in [-0.39, 0.29) is 12.0 Å². The molecular formula is C16H30O5. The Bertz CT molecular complexity index is 325. The molecule has 0 aromatic rings. The zero-order valence-corrected chi connectivity index (χ0v) is 13.7. The van der Waals surface area contributed by atoms with E-state index in [1.807, 2.05) is 6.92 Å². The lowest BCUT2D eigenvalue weighted by Crippen LogP contribution is -2.23. The Morgan fingerprint density at radius 1 is 1.05 bits per heavy atom. The van der Waals surface area contributed by atoms with Gasteiger partial charge >= 0.3 is 11.9 Å². The molecule has 0 aliphatic rings. The van der Waals surface area contributed by atoms with Crippen LogP contribution in [-0.2, 0) is 14.3 Å². The summed E-state index contributed by atoms with van der Waals surface area (Å²) in [5.74, 6) is -1.80. The van der Waals surface area contributed by atoms with Crippen molar-refractivity contribution in [3.05, 3.63) is 0 Å². The minimum Gasteiger partial charge on any atom is -0.481 e. The van der Waals surface area contributed by atoms with Crippen molar-refractivity contribution in [3.8, 4) is 0 Å². The summed E-state index contributed by atoms with van der Waals surface area (Å²) >= 11 is 0. The number of hydrogen-bond donors (Lipinski definition) is 2. The van der Waals surface area contributed by atoms with Crippen LogP contribution in [0.2, 0.25) is 0 Å². The van der Waals surface area contributed by atoms with Gasteiger partial charge in [0.2, 0.25) is 0 Å². The molecule has 0 saturated carbocycles. The van der Waals surface area contributed by atoms with Gasteiger partial charge in [-0.15, -0.1) is 0 Å². The quantitative estimate of drug-likeness (QED) is 0.538. The van der Waals surface area contributed by atoms with Gasteiger partial charge in [-0.1, -0.05) is 19.8 Å². The third kappa shape index (κ3) is 9.45. The summed E-state index contributed by atoms with van der Waals surface area (Å²) in [6.45, 7) is 7.82. The zero-order valence-electron chi connectivity index (χ0n) is 13.7. The molecule has 0 aromatic carbocycles. The van der Waals surface area contributed by atoms with E-state index in [0.717, 1.165) is 25.7 Å². The highest BCUT2D eigenvalue weighted by atomic mass is 16.5. The van der Waals surface area contributed by atoms with Crippen molar-refractivity contribution < 1.29 is 24.5 Å². The summed E-state index contributed by atoms with van der Waals surface area (Å²) in [4.78, 5) is 21.6. The fourth-order valence-electron chi connectivity index (χ4n) is 1.98.